The molecule has 218 valence electrons. The third kappa shape index (κ3) is 6.58. The Bertz CT molecular complexity index is 1390. The molecule has 0 unspecified atom stereocenters. The first-order valence-corrected chi connectivity index (χ1v) is 15.2. The van der Waals surface area contributed by atoms with Crippen LogP contribution in [0.5, 0.6) is 5.75 Å². The topological polar surface area (TPSA) is 121 Å². The summed E-state index contributed by atoms with van der Waals surface area (Å²) in [5, 5.41) is 13.3. The Kier molecular flexibility index (Phi) is 9.28. The molecule has 1 atom stereocenters. The van der Waals surface area contributed by atoms with E-state index in [1.165, 1.54) is 31.1 Å². The van der Waals surface area contributed by atoms with E-state index < -0.39 is 11.9 Å². The number of nitrogens with one attached hydrogen (secondary N) is 1. The Morgan fingerprint density at radius 2 is 1.85 bits per heavy atom. The molecule has 1 aromatic carbocycles. The third-order valence-electron chi connectivity index (χ3n) is 7.75. The molecule has 0 bridgehead atoms. The van der Waals surface area contributed by atoms with E-state index >= 15 is 0 Å². The van der Waals surface area contributed by atoms with Crippen molar-refractivity contribution >= 4 is 57.4 Å². The van der Waals surface area contributed by atoms with E-state index in [1.54, 1.807) is 18.3 Å². The summed E-state index contributed by atoms with van der Waals surface area (Å²) in [6, 6.07) is 4.07. The predicted molar refractivity (Wildman–Crippen MR) is 160 cm³/mol. The molecule has 2 saturated heterocycles. The normalized spacial score (nSPS) is 18.0. The van der Waals surface area contributed by atoms with Crippen LogP contribution in [0.3, 0.4) is 0 Å². The second kappa shape index (κ2) is 12.9. The Labute approximate surface area is 252 Å². The zero-order valence-corrected chi connectivity index (χ0v) is 25.2. The van der Waals surface area contributed by atoms with Crippen molar-refractivity contribution in [3.63, 3.8) is 0 Å². The molecule has 0 radical (unpaired) electrons. The van der Waals surface area contributed by atoms with Crippen LogP contribution in [-0.2, 0) is 11.3 Å². The number of aliphatic carboxylic acids is 1. The molecule has 0 spiro atoms. The molecule has 1 amide bonds. The first-order valence-electron chi connectivity index (χ1n) is 13.7. The van der Waals surface area contributed by atoms with E-state index in [1.807, 2.05) is 4.90 Å². The van der Waals surface area contributed by atoms with Crippen molar-refractivity contribution in [2.45, 2.75) is 51.6 Å². The number of aromatic nitrogens is 3. The number of carboxylic acid groups (broad SMARTS) is 1. The molecule has 4 heterocycles. The lowest BCUT2D eigenvalue weighted by atomic mass is 9.97. The van der Waals surface area contributed by atoms with Gasteiger partial charge < -0.3 is 14.7 Å². The fourth-order valence-corrected chi connectivity index (χ4v) is 7.14. The minimum absolute atomic E-state index is 0.161. The van der Waals surface area contributed by atoms with Gasteiger partial charge in [0.05, 0.1) is 41.2 Å². The summed E-state index contributed by atoms with van der Waals surface area (Å²) in [5.74, 6) is -0.491. The number of halogens is 2. The second-order valence-electron chi connectivity index (χ2n) is 10.3. The fraction of sp³-hybridized carbons (Fsp3) is 0.464. The molecule has 0 saturated carbocycles. The molecule has 3 aromatic rings. The molecule has 2 fully saturated rings. The summed E-state index contributed by atoms with van der Waals surface area (Å²) in [7, 11) is 1.52. The first-order chi connectivity index (χ1) is 19.8. The van der Waals surface area contributed by atoms with Crippen molar-refractivity contribution in [1.82, 2.24) is 19.9 Å². The van der Waals surface area contributed by atoms with Crippen LogP contribution >= 0.6 is 34.5 Å². The van der Waals surface area contributed by atoms with Gasteiger partial charge in [-0.25, -0.2) is 15.0 Å². The number of nitrogens with zero attached hydrogens (tertiary/aromatic N) is 5. The molecule has 5 rings (SSSR count). The number of piperidine rings is 1. The van der Waals surface area contributed by atoms with E-state index in [0.29, 0.717) is 71.0 Å². The van der Waals surface area contributed by atoms with E-state index in [-0.39, 0.29) is 11.6 Å². The minimum atomic E-state index is -0.764. The van der Waals surface area contributed by atoms with E-state index in [2.05, 4.69) is 27.1 Å². The van der Waals surface area contributed by atoms with Crippen LogP contribution in [0.4, 0.5) is 10.9 Å². The minimum Gasteiger partial charge on any atom is -0.494 e. The lowest BCUT2D eigenvalue weighted by molar-refractivity contribution is -0.142. The maximum absolute atomic E-state index is 13.1. The molecule has 2 N–H and O–H groups in total. The van der Waals surface area contributed by atoms with E-state index in [9.17, 15) is 14.7 Å². The molecule has 0 aliphatic carbocycles. The maximum atomic E-state index is 13.1. The van der Waals surface area contributed by atoms with E-state index in [0.717, 1.165) is 29.8 Å². The predicted octanol–water partition coefficient (Wildman–Crippen LogP) is 5.84. The van der Waals surface area contributed by atoms with Crippen LogP contribution in [0.15, 0.2) is 24.5 Å². The number of benzene rings is 1. The number of likely N-dealkylation sites (tertiary alicyclic amines) is 1. The Morgan fingerprint density at radius 3 is 2.46 bits per heavy atom. The van der Waals surface area contributed by atoms with Crippen molar-refractivity contribution in [2.75, 3.05) is 37.0 Å². The van der Waals surface area contributed by atoms with E-state index in [4.69, 9.17) is 32.9 Å². The molecule has 2 aliphatic heterocycles. The SMILES string of the molecule is CC[C@@H]1CCCN1Cc1sc(NC(=O)c2cnc(N3CCC(C(=O)O)CC3)cn2)nc1-c1cc(Cl)c(OC)c(Cl)c1. The van der Waals surface area contributed by atoms with Crippen LogP contribution < -0.4 is 15.0 Å². The highest BCUT2D eigenvalue weighted by molar-refractivity contribution is 7.16. The molecule has 10 nitrogen and oxygen atoms in total. The van der Waals surface area contributed by atoms with Gasteiger partial charge in [-0.05, 0) is 50.8 Å². The number of carboxylic acids is 1. The number of thiazole rings is 1. The van der Waals surface area contributed by atoms with Gasteiger partial charge in [-0.2, -0.15) is 0 Å². The van der Waals surface area contributed by atoms with Crippen molar-refractivity contribution in [1.29, 1.82) is 0 Å². The number of anilines is 2. The summed E-state index contributed by atoms with van der Waals surface area (Å²) in [6.45, 7) is 5.08. The van der Waals surface area contributed by atoms with Gasteiger partial charge in [0.25, 0.3) is 5.91 Å². The zero-order chi connectivity index (χ0) is 29.1. The highest BCUT2D eigenvalue weighted by atomic mass is 35.5. The number of methoxy groups -OCH3 is 1. The molecular formula is C28H32Cl2N6O4S. The molecule has 2 aromatic heterocycles. The summed E-state index contributed by atoms with van der Waals surface area (Å²) < 4.78 is 5.31. The molecule has 41 heavy (non-hydrogen) atoms. The highest BCUT2D eigenvalue weighted by Crippen LogP contribution is 2.40. The number of carbonyl (C=O) groups excluding carboxylic acids is 1. The van der Waals surface area contributed by atoms with Gasteiger partial charge in [0, 0.05) is 36.1 Å². The van der Waals surface area contributed by atoms with Gasteiger partial charge in [-0.3, -0.25) is 19.8 Å². The Morgan fingerprint density at radius 1 is 1.12 bits per heavy atom. The van der Waals surface area contributed by atoms with Crippen LogP contribution in [0.1, 0.15) is 54.4 Å². The van der Waals surface area contributed by atoms with Gasteiger partial charge >= 0.3 is 5.97 Å². The van der Waals surface area contributed by atoms with Crippen molar-refractivity contribution in [3.8, 4) is 17.0 Å². The molecule has 13 heteroatoms. The quantitative estimate of drug-likeness (QED) is 0.304. The van der Waals surface area contributed by atoms with Crippen molar-refractivity contribution in [3.05, 3.63) is 45.1 Å². The van der Waals surface area contributed by atoms with Gasteiger partial charge in [0.2, 0.25) is 0 Å². The van der Waals surface area contributed by atoms with Crippen LogP contribution in [-0.4, -0.2) is 69.6 Å². The lowest BCUT2D eigenvalue weighted by Gasteiger charge is -2.30. The average molecular weight is 620 g/mol. The number of hydrogen-bond acceptors (Lipinski definition) is 9. The first kappa shape index (κ1) is 29.5. The van der Waals surface area contributed by atoms with Gasteiger partial charge in [-0.15, -0.1) is 0 Å². The summed E-state index contributed by atoms with van der Waals surface area (Å²) in [4.78, 5) is 43.3. The summed E-state index contributed by atoms with van der Waals surface area (Å²) in [5.41, 5.74) is 1.62. The fourth-order valence-electron chi connectivity index (χ4n) is 5.50. The zero-order valence-electron chi connectivity index (χ0n) is 22.9. The van der Waals surface area contributed by atoms with Crippen LogP contribution in [0, 0.1) is 5.92 Å². The number of carbonyl (C=O) groups is 2. The van der Waals surface area contributed by atoms with Crippen molar-refractivity contribution in [2.24, 2.45) is 5.92 Å². The Hall–Kier alpha value is -2.99. The number of hydrogen-bond donors (Lipinski definition) is 2. The Balaban J connectivity index is 1.35. The number of rotatable bonds is 9. The van der Waals surface area contributed by atoms with Gasteiger partial charge in [-0.1, -0.05) is 41.5 Å². The summed E-state index contributed by atoms with van der Waals surface area (Å²) >= 11 is 14.3. The lowest BCUT2D eigenvalue weighted by Crippen LogP contribution is -2.36. The average Bonchev–Trinajstić information content (AvgIpc) is 3.59. The standard InChI is InChI=1S/C28H32Cl2N6O4S/c1-3-18-5-4-8-36(18)15-22-24(17-11-19(29)25(40-2)20(30)12-17)33-28(41-22)34-26(37)21-13-32-23(14-31-21)35-9-6-16(7-10-35)27(38)39/h11-14,16,18H,3-10,15H2,1-2H3,(H,38,39)(H,33,34,37)/t18-/m1/s1. The number of amides is 1. The molecule has 2 aliphatic rings. The van der Waals surface area contributed by atoms with Crippen molar-refractivity contribution < 1.29 is 19.4 Å². The second-order valence-corrected chi connectivity index (χ2v) is 12.2. The van der Waals surface area contributed by atoms with Crippen LogP contribution in [0.2, 0.25) is 10.0 Å². The summed E-state index contributed by atoms with van der Waals surface area (Å²) in [6.07, 6.45) is 7.48. The third-order valence-corrected chi connectivity index (χ3v) is 9.27. The van der Waals surface area contributed by atoms with Gasteiger partial charge in [0.1, 0.15) is 11.5 Å². The maximum Gasteiger partial charge on any atom is 0.306 e. The number of ether oxygens (including phenoxy) is 1. The van der Waals surface area contributed by atoms with Gasteiger partial charge in [0.15, 0.2) is 10.9 Å². The largest absolute Gasteiger partial charge is 0.494 e. The van der Waals surface area contributed by atoms with Crippen LogP contribution in [0.25, 0.3) is 11.3 Å². The highest BCUT2D eigenvalue weighted by Gasteiger charge is 2.27. The smallest absolute Gasteiger partial charge is 0.306 e. The monoisotopic (exact) mass is 618 g/mol. The molecular weight excluding hydrogens is 587 g/mol.